The zero-order valence-corrected chi connectivity index (χ0v) is 17.9. The second-order valence-corrected chi connectivity index (χ2v) is 6.78. The summed E-state index contributed by atoms with van der Waals surface area (Å²) >= 11 is 0. The Balaban J connectivity index is 0.00000218. The molecule has 30 heavy (non-hydrogen) atoms. The van der Waals surface area contributed by atoms with Crippen molar-refractivity contribution >= 4 is 12.1 Å². The molecule has 2 rings (SSSR count). The first-order valence-corrected chi connectivity index (χ1v) is 9.97. The number of nitrogens with two attached hydrogens (primary N) is 1. The Morgan fingerprint density at radius 1 is 1.33 bits per heavy atom. The number of β-amino-alcohol motifs (C(OH)–C–C–N with tert-alkyl or cyclic N) is 1. The van der Waals surface area contributed by atoms with Crippen molar-refractivity contribution in [3.63, 3.8) is 0 Å². The standard InChI is InChI=1S/C21H26FN3O3.C2H6/c1-14-10-24-11-17(9-16-3-5-18(22)6-4-16)7-8-25(12-19(27)13-26)21(28)20(14)15(2)23;1-2/h3-7,11,19,26-27H,2,8-10,12-13,23H2,1H3;1-2H3/b17-7-,20-14-,24-11?;. The molecule has 7 heteroatoms. The summed E-state index contributed by atoms with van der Waals surface area (Å²) < 4.78 is 13.1. The molecule has 164 valence electrons. The Morgan fingerprint density at radius 2 is 1.97 bits per heavy atom. The van der Waals surface area contributed by atoms with Crippen molar-refractivity contribution in [3.05, 3.63) is 70.7 Å². The Hall–Kier alpha value is -2.77. The third-order valence-electron chi connectivity index (χ3n) is 4.37. The summed E-state index contributed by atoms with van der Waals surface area (Å²) in [5.41, 5.74) is 8.66. The van der Waals surface area contributed by atoms with Gasteiger partial charge in [-0.2, -0.15) is 0 Å². The molecule has 1 amide bonds. The van der Waals surface area contributed by atoms with Crippen LogP contribution in [0.15, 0.2) is 64.3 Å². The van der Waals surface area contributed by atoms with E-state index in [1.807, 2.05) is 19.9 Å². The normalized spacial score (nSPS) is 20.0. The predicted octanol–water partition coefficient (Wildman–Crippen LogP) is 2.38. The number of aliphatic hydroxyl groups is 2. The lowest BCUT2D eigenvalue weighted by Crippen LogP contribution is -2.41. The molecule has 0 aliphatic carbocycles. The fraction of sp³-hybridized carbons (Fsp3) is 0.391. The highest BCUT2D eigenvalue weighted by Crippen LogP contribution is 2.17. The van der Waals surface area contributed by atoms with Crippen LogP contribution in [0.25, 0.3) is 0 Å². The SMILES string of the molecule is C=C(N)/C1=C(\C)CN=C/C(Cc2ccc(F)cc2)=C\CN(CC(O)CO)C1=O.CC. The number of amides is 1. The molecule has 6 nitrogen and oxygen atoms in total. The van der Waals surface area contributed by atoms with E-state index in [1.165, 1.54) is 17.0 Å². The van der Waals surface area contributed by atoms with Crippen LogP contribution in [0.3, 0.4) is 0 Å². The van der Waals surface area contributed by atoms with Crippen LogP contribution in [0.5, 0.6) is 0 Å². The average Bonchev–Trinajstić information content (AvgIpc) is 2.72. The Morgan fingerprint density at radius 3 is 2.53 bits per heavy atom. The first-order chi connectivity index (χ1) is 14.3. The summed E-state index contributed by atoms with van der Waals surface area (Å²) in [5.74, 6) is -0.672. The van der Waals surface area contributed by atoms with Crippen molar-refractivity contribution < 1.29 is 19.4 Å². The topological polar surface area (TPSA) is 99.2 Å². The molecule has 1 heterocycles. The summed E-state index contributed by atoms with van der Waals surface area (Å²) in [5, 5.41) is 19.0. The molecule has 0 radical (unpaired) electrons. The maximum Gasteiger partial charge on any atom is 0.256 e. The number of carbonyl (C=O) groups is 1. The number of hydrogen-bond acceptors (Lipinski definition) is 5. The van der Waals surface area contributed by atoms with E-state index in [1.54, 1.807) is 25.3 Å². The number of aliphatic imine (C=N–C) groups is 1. The monoisotopic (exact) mass is 417 g/mol. The van der Waals surface area contributed by atoms with Gasteiger partial charge < -0.3 is 20.8 Å². The second kappa shape index (κ2) is 12.7. The molecule has 1 aliphatic rings. The van der Waals surface area contributed by atoms with Gasteiger partial charge in [-0.1, -0.05) is 38.6 Å². The Labute approximate surface area is 177 Å². The van der Waals surface area contributed by atoms with Gasteiger partial charge in [0, 0.05) is 25.0 Å². The summed E-state index contributed by atoms with van der Waals surface area (Å²) in [6.07, 6.45) is 3.00. The van der Waals surface area contributed by atoms with Gasteiger partial charge in [-0.25, -0.2) is 4.39 Å². The van der Waals surface area contributed by atoms with E-state index >= 15 is 0 Å². The molecule has 0 bridgehead atoms. The van der Waals surface area contributed by atoms with Gasteiger partial charge >= 0.3 is 0 Å². The van der Waals surface area contributed by atoms with Crippen LogP contribution in [0.1, 0.15) is 26.3 Å². The zero-order chi connectivity index (χ0) is 22.7. The number of hydrogen-bond donors (Lipinski definition) is 3. The van der Waals surface area contributed by atoms with Gasteiger partial charge in [0.25, 0.3) is 5.91 Å². The molecule has 0 saturated heterocycles. The van der Waals surface area contributed by atoms with E-state index in [4.69, 9.17) is 10.8 Å². The van der Waals surface area contributed by atoms with Crippen LogP contribution in [-0.4, -0.2) is 59.6 Å². The highest BCUT2D eigenvalue weighted by atomic mass is 19.1. The van der Waals surface area contributed by atoms with Gasteiger partial charge in [-0.3, -0.25) is 9.79 Å². The molecule has 0 aromatic heterocycles. The summed E-state index contributed by atoms with van der Waals surface area (Å²) in [4.78, 5) is 18.8. The lowest BCUT2D eigenvalue weighted by molar-refractivity contribution is -0.128. The predicted molar refractivity (Wildman–Crippen MR) is 119 cm³/mol. The third-order valence-corrected chi connectivity index (χ3v) is 4.37. The Kier molecular flexibility index (Phi) is 10.7. The quantitative estimate of drug-likeness (QED) is 0.662. The number of nitrogens with zero attached hydrogens (tertiary/aromatic N) is 2. The number of carbonyl (C=O) groups excluding carboxylic acids is 1. The van der Waals surface area contributed by atoms with Crippen LogP contribution in [0.4, 0.5) is 4.39 Å². The highest BCUT2D eigenvalue weighted by molar-refractivity contribution is 5.98. The second-order valence-electron chi connectivity index (χ2n) is 6.78. The van der Waals surface area contributed by atoms with Crippen LogP contribution in [-0.2, 0) is 11.2 Å². The maximum atomic E-state index is 13.1. The van der Waals surface area contributed by atoms with Crippen molar-refractivity contribution in [1.82, 2.24) is 4.90 Å². The average molecular weight is 418 g/mol. The first-order valence-electron chi connectivity index (χ1n) is 9.97. The van der Waals surface area contributed by atoms with Gasteiger partial charge in [0.05, 0.1) is 24.8 Å². The fourth-order valence-corrected chi connectivity index (χ4v) is 2.92. The molecule has 0 fully saturated rings. The van der Waals surface area contributed by atoms with E-state index in [0.717, 1.165) is 11.1 Å². The number of rotatable bonds is 6. The summed E-state index contributed by atoms with van der Waals surface area (Å²) in [7, 11) is 0. The number of allylic oxidation sites excluding steroid dienone is 1. The molecular formula is C23H32FN3O3. The van der Waals surface area contributed by atoms with Gasteiger partial charge in [0.1, 0.15) is 5.82 Å². The van der Waals surface area contributed by atoms with Crippen LogP contribution in [0.2, 0.25) is 0 Å². The van der Waals surface area contributed by atoms with Crippen molar-refractivity contribution in [3.8, 4) is 0 Å². The lowest BCUT2D eigenvalue weighted by Gasteiger charge is -2.26. The van der Waals surface area contributed by atoms with Crippen LogP contribution in [0, 0.1) is 5.82 Å². The van der Waals surface area contributed by atoms with Crippen molar-refractivity contribution in [2.45, 2.75) is 33.3 Å². The van der Waals surface area contributed by atoms with Gasteiger partial charge in [0.2, 0.25) is 0 Å². The molecule has 1 atom stereocenters. The molecule has 0 saturated carbocycles. The third kappa shape index (κ3) is 7.57. The zero-order valence-electron chi connectivity index (χ0n) is 17.9. The summed E-state index contributed by atoms with van der Waals surface area (Å²) in [6, 6.07) is 6.19. The minimum atomic E-state index is -1.07. The van der Waals surface area contributed by atoms with Gasteiger partial charge in [-0.15, -0.1) is 0 Å². The van der Waals surface area contributed by atoms with Crippen molar-refractivity contribution in [2.24, 2.45) is 10.7 Å². The molecule has 1 unspecified atom stereocenters. The van der Waals surface area contributed by atoms with E-state index in [2.05, 4.69) is 11.6 Å². The van der Waals surface area contributed by atoms with E-state index in [-0.39, 0.29) is 42.6 Å². The molecule has 0 spiro atoms. The van der Waals surface area contributed by atoms with Crippen molar-refractivity contribution in [2.75, 3.05) is 26.2 Å². The fourth-order valence-electron chi connectivity index (χ4n) is 2.92. The first kappa shape index (κ1) is 25.3. The number of aliphatic hydroxyl groups excluding tert-OH is 2. The Bertz CT molecular complexity index is 813. The van der Waals surface area contributed by atoms with Gasteiger partial charge in [0.15, 0.2) is 0 Å². The van der Waals surface area contributed by atoms with Crippen molar-refractivity contribution in [1.29, 1.82) is 0 Å². The molecule has 1 aromatic rings. The van der Waals surface area contributed by atoms with E-state index < -0.39 is 12.7 Å². The molecular weight excluding hydrogens is 385 g/mol. The largest absolute Gasteiger partial charge is 0.399 e. The van der Waals surface area contributed by atoms with Crippen LogP contribution < -0.4 is 5.73 Å². The molecule has 4 N–H and O–H groups in total. The minimum absolute atomic E-state index is 0.0448. The van der Waals surface area contributed by atoms with E-state index in [0.29, 0.717) is 12.0 Å². The number of halogens is 1. The lowest BCUT2D eigenvalue weighted by atomic mass is 10.0. The van der Waals surface area contributed by atoms with E-state index in [9.17, 15) is 14.3 Å². The maximum absolute atomic E-state index is 13.1. The minimum Gasteiger partial charge on any atom is -0.399 e. The molecule has 1 aromatic carbocycles. The van der Waals surface area contributed by atoms with Gasteiger partial charge in [-0.05, 0) is 42.2 Å². The number of benzene rings is 1. The highest BCUT2D eigenvalue weighted by Gasteiger charge is 2.23. The summed E-state index contributed by atoms with van der Waals surface area (Å²) in [6.45, 7) is 9.40. The smallest absolute Gasteiger partial charge is 0.256 e. The molecule has 1 aliphatic heterocycles. The van der Waals surface area contributed by atoms with Crippen LogP contribution >= 0.6 is 0 Å².